The normalized spacial score (nSPS) is 14.8. The molecule has 2 aromatic carbocycles. The summed E-state index contributed by atoms with van der Waals surface area (Å²) in [7, 11) is 0. The van der Waals surface area contributed by atoms with Crippen molar-refractivity contribution in [2.75, 3.05) is 18.5 Å². The molecule has 130 valence electrons. The van der Waals surface area contributed by atoms with Gasteiger partial charge in [0.05, 0.1) is 16.5 Å². The van der Waals surface area contributed by atoms with Gasteiger partial charge >= 0.3 is 5.97 Å². The predicted octanol–water partition coefficient (Wildman–Crippen LogP) is 3.92. The highest BCUT2D eigenvalue weighted by molar-refractivity contribution is 6.34. The van der Waals surface area contributed by atoms with E-state index in [1.165, 1.54) is 0 Å². The van der Waals surface area contributed by atoms with Gasteiger partial charge in [-0.3, -0.25) is 9.59 Å². The summed E-state index contributed by atoms with van der Waals surface area (Å²) in [5.74, 6) is -0.200. The van der Waals surface area contributed by atoms with Crippen molar-refractivity contribution in [3.8, 4) is 5.75 Å². The Kier molecular flexibility index (Phi) is 5.68. The maximum absolute atomic E-state index is 12.2. The van der Waals surface area contributed by atoms with E-state index in [0.717, 1.165) is 0 Å². The summed E-state index contributed by atoms with van der Waals surface area (Å²) in [6, 6.07) is 13.5. The van der Waals surface area contributed by atoms with E-state index in [-0.39, 0.29) is 17.8 Å². The lowest BCUT2D eigenvalue weighted by atomic mass is 10.0. The number of nitrogens with one attached hydrogen (secondary N) is 1. The Hall–Kier alpha value is -2.37. The molecule has 1 fully saturated rings. The first-order chi connectivity index (χ1) is 12.1. The van der Waals surface area contributed by atoms with Crippen LogP contribution in [-0.2, 0) is 9.53 Å². The average Bonchev–Trinajstić information content (AvgIpc) is 2.64. The van der Waals surface area contributed by atoms with Gasteiger partial charge in [-0.25, -0.2) is 0 Å². The minimum Gasteiger partial charge on any atom is -0.426 e. The summed E-state index contributed by atoms with van der Waals surface area (Å²) >= 11 is 6.01. The molecule has 1 aliphatic heterocycles. The molecule has 0 bridgehead atoms. The van der Waals surface area contributed by atoms with Crippen LogP contribution in [0.1, 0.15) is 23.2 Å². The number of hydrogen-bond donors (Lipinski definition) is 1. The van der Waals surface area contributed by atoms with Gasteiger partial charge in [-0.05, 0) is 49.2 Å². The zero-order valence-electron chi connectivity index (χ0n) is 13.5. The fourth-order valence-corrected chi connectivity index (χ4v) is 2.80. The lowest BCUT2D eigenvalue weighted by Crippen LogP contribution is -2.27. The number of carbonyl (C=O) groups is 2. The van der Waals surface area contributed by atoms with E-state index in [1.807, 2.05) is 0 Å². The van der Waals surface area contributed by atoms with Gasteiger partial charge in [-0.2, -0.15) is 0 Å². The summed E-state index contributed by atoms with van der Waals surface area (Å²) < 4.78 is 10.6. The van der Waals surface area contributed by atoms with Crippen molar-refractivity contribution in [1.29, 1.82) is 0 Å². The molecule has 2 aromatic rings. The van der Waals surface area contributed by atoms with Crippen LogP contribution in [0.5, 0.6) is 5.75 Å². The molecule has 0 atom stereocenters. The molecule has 0 spiro atoms. The highest BCUT2D eigenvalue weighted by Crippen LogP contribution is 2.22. The molecule has 1 amide bonds. The van der Waals surface area contributed by atoms with E-state index in [0.29, 0.717) is 48.1 Å². The third-order valence-electron chi connectivity index (χ3n) is 4.00. The Balaban J connectivity index is 1.59. The van der Waals surface area contributed by atoms with Gasteiger partial charge < -0.3 is 14.8 Å². The molecular formula is C19H18ClNO4. The number of anilines is 1. The summed E-state index contributed by atoms with van der Waals surface area (Å²) in [5.41, 5.74) is 0.995. The second kappa shape index (κ2) is 8.14. The second-order valence-electron chi connectivity index (χ2n) is 5.77. The SMILES string of the molecule is O=C(Nc1ccc(OC(=O)C2CCOCC2)cc1)c1ccccc1Cl. The maximum Gasteiger partial charge on any atom is 0.314 e. The minimum atomic E-state index is -0.294. The molecule has 0 unspecified atom stereocenters. The van der Waals surface area contributed by atoms with Crippen LogP contribution < -0.4 is 10.1 Å². The standard InChI is InChI=1S/C19H18ClNO4/c20-17-4-2-1-3-16(17)18(22)21-14-5-7-15(8-6-14)25-19(23)13-9-11-24-12-10-13/h1-8,13H,9-12H2,(H,21,22). The molecular weight excluding hydrogens is 342 g/mol. The zero-order valence-corrected chi connectivity index (χ0v) is 14.3. The second-order valence-corrected chi connectivity index (χ2v) is 6.17. The largest absolute Gasteiger partial charge is 0.426 e. The number of ether oxygens (including phenoxy) is 2. The van der Waals surface area contributed by atoms with Crippen LogP contribution in [0, 0.1) is 5.92 Å². The number of halogens is 1. The van der Waals surface area contributed by atoms with Gasteiger partial charge in [-0.15, -0.1) is 0 Å². The number of hydrogen-bond acceptors (Lipinski definition) is 4. The van der Waals surface area contributed by atoms with Crippen LogP contribution in [0.4, 0.5) is 5.69 Å². The lowest BCUT2D eigenvalue weighted by molar-refractivity contribution is -0.142. The van der Waals surface area contributed by atoms with Gasteiger partial charge in [0.2, 0.25) is 0 Å². The van der Waals surface area contributed by atoms with Crippen LogP contribution >= 0.6 is 11.6 Å². The molecule has 1 N–H and O–H groups in total. The smallest absolute Gasteiger partial charge is 0.314 e. The number of rotatable bonds is 4. The fraction of sp³-hybridized carbons (Fsp3) is 0.263. The van der Waals surface area contributed by atoms with Crippen molar-refractivity contribution >= 4 is 29.2 Å². The average molecular weight is 360 g/mol. The molecule has 1 aliphatic rings. The predicted molar refractivity (Wildman–Crippen MR) is 95.0 cm³/mol. The quantitative estimate of drug-likeness (QED) is 0.663. The number of carbonyl (C=O) groups excluding carboxylic acids is 2. The maximum atomic E-state index is 12.2. The van der Waals surface area contributed by atoms with Crippen molar-refractivity contribution in [3.63, 3.8) is 0 Å². The molecule has 25 heavy (non-hydrogen) atoms. The van der Waals surface area contributed by atoms with Crippen molar-refractivity contribution < 1.29 is 19.1 Å². The first-order valence-corrected chi connectivity index (χ1v) is 8.46. The molecule has 1 heterocycles. The Bertz CT molecular complexity index is 754. The van der Waals surface area contributed by atoms with Crippen molar-refractivity contribution in [3.05, 3.63) is 59.1 Å². The van der Waals surface area contributed by atoms with Crippen LogP contribution in [0.3, 0.4) is 0 Å². The van der Waals surface area contributed by atoms with E-state index in [4.69, 9.17) is 21.1 Å². The van der Waals surface area contributed by atoms with Gasteiger partial charge in [0.25, 0.3) is 5.91 Å². The van der Waals surface area contributed by atoms with Crippen molar-refractivity contribution in [2.24, 2.45) is 5.92 Å². The minimum absolute atomic E-state index is 0.117. The Morgan fingerprint density at radius 1 is 1.04 bits per heavy atom. The van der Waals surface area contributed by atoms with Gasteiger partial charge in [0.15, 0.2) is 0 Å². The Morgan fingerprint density at radius 3 is 2.40 bits per heavy atom. The Morgan fingerprint density at radius 2 is 1.72 bits per heavy atom. The first-order valence-electron chi connectivity index (χ1n) is 8.09. The van der Waals surface area contributed by atoms with E-state index in [1.54, 1.807) is 48.5 Å². The molecule has 6 heteroatoms. The van der Waals surface area contributed by atoms with Crippen molar-refractivity contribution in [1.82, 2.24) is 0 Å². The van der Waals surface area contributed by atoms with E-state index >= 15 is 0 Å². The van der Waals surface area contributed by atoms with Crippen molar-refractivity contribution in [2.45, 2.75) is 12.8 Å². The van der Waals surface area contributed by atoms with Gasteiger partial charge in [-0.1, -0.05) is 23.7 Å². The topological polar surface area (TPSA) is 64.6 Å². The summed E-state index contributed by atoms with van der Waals surface area (Å²) in [6.07, 6.45) is 1.37. The fourth-order valence-electron chi connectivity index (χ4n) is 2.58. The lowest BCUT2D eigenvalue weighted by Gasteiger charge is -2.20. The third-order valence-corrected chi connectivity index (χ3v) is 4.33. The molecule has 0 radical (unpaired) electrons. The summed E-state index contributed by atoms with van der Waals surface area (Å²) in [5, 5.41) is 3.15. The number of esters is 1. The molecule has 5 nitrogen and oxygen atoms in total. The van der Waals surface area contributed by atoms with Gasteiger partial charge in [0, 0.05) is 18.9 Å². The zero-order chi connectivity index (χ0) is 17.6. The number of amides is 1. The van der Waals surface area contributed by atoms with Crippen LogP contribution in [-0.4, -0.2) is 25.1 Å². The van der Waals surface area contributed by atoms with E-state index < -0.39 is 0 Å². The Labute approximate surface area is 150 Å². The monoisotopic (exact) mass is 359 g/mol. The molecule has 0 saturated carbocycles. The van der Waals surface area contributed by atoms with Crippen LogP contribution in [0.2, 0.25) is 5.02 Å². The molecule has 0 aromatic heterocycles. The third kappa shape index (κ3) is 4.59. The summed E-state index contributed by atoms with van der Waals surface area (Å²) in [4.78, 5) is 24.3. The van der Waals surface area contributed by atoms with Gasteiger partial charge in [0.1, 0.15) is 5.75 Å². The highest BCUT2D eigenvalue weighted by atomic mass is 35.5. The first kappa shape index (κ1) is 17.5. The van der Waals surface area contributed by atoms with E-state index in [9.17, 15) is 9.59 Å². The summed E-state index contributed by atoms with van der Waals surface area (Å²) in [6.45, 7) is 1.18. The number of benzene rings is 2. The van der Waals surface area contributed by atoms with Crippen LogP contribution in [0.15, 0.2) is 48.5 Å². The van der Waals surface area contributed by atoms with E-state index in [2.05, 4.69) is 5.32 Å². The molecule has 0 aliphatic carbocycles. The molecule has 1 saturated heterocycles. The highest BCUT2D eigenvalue weighted by Gasteiger charge is 2.23. The van der Waals surface area contributed by atoms with Crippen LogP contribution in [0.25, 0.3) is 0 Å². The molecule has 3 rings (SSSR count).